The van der Waals surface area contributed by atoms with Gasteiger partial charge in [0.25, 0.3) is 0 Å². The van der Waals surface area contributed by atoms with E-state index in [1.165, 1.54) is 295 Å². The lowest BCUT2D eigenvalue weighted by Crippen LogP contribution is -2.29. The molecule has 0 spiro atoms. The molecule has 0 bridgehead atoms. The molecule has 2 unspecified atom stereocenters. The molecule has 93 heavy (non-hydrogen) atoms. The van der Waals surface area contributed by atoms with E-state index in [9.17, 15) is 19.0 Å². The Hall–Kier alpha value is -2.81. The van der Waals surface area contributed by atoms with Crippen molar-refractivity contribution in [2.75, 3.05) is 26.4 Å². The Morgan fingerprint density at radius 1 is 0.333 bits per heavy atom. The van der Waals surface area contributed by atoms with Crippen LogP contribution in [0.1, 0.15) is 399 Å². The monoisotopic (exact) mass is 1320 g/mol. The van der Waals surface area contributed by atoms with Gasteiger partial charge in [0.2, 0.25) is 0 Å². The number of unbranched alkanes of at least 4 members (excludes halogenated alkanes) is 49. The van der Waals surface area contributed by atoms with Crippen LogP contribution in [0.5, 0.6) is 0 Å². The van der Waals surface area contributed by atoms with Gasteiger partial charge in [0.15, 0.2) is 6.10 Å². The van der Waals surface area contributed by atoms with Crippen molar-refractivity contribution in [3.05, 3.63) is 85.1 Å². The zero-order valence-corrected chi connectivity index (χ0v) is 62.1. The van der Waals surface area contributed by atoms with Crippen molar-refractivity contribution in [2.24, 2.45) is 5.73 Å². The standard InChI is InChI=1S/C83H152NO8P/c1-3-5-7-9-11-13-15-17-19-21-23-25-27-29-31-33-35-37-38-39-40-41-42-44-46-48-50-52-54-56-58-60-62-64-66-68-70-72-74-76-83(86)92-81(80-91-93(87,88)90-78-77-84)79-89-82(85)75-73-71-69-67-65-63-61-59-57-55-53-51-49-47-45-43-36-34-32-30-28-26-24-22-20-18-16-14-12-10-8-6-4-2/h5,7,11,13,16-19,22-25,29,31,81H,3-4,6,8-10,12,14-15,20-21,26-28,30,32-80,84H2,1-2H3,(H,87,88)/b7-5-,13-11-,18-16-,19-17-,24-22-,25-23-,31-29-. The van der Waals surface area contributed by atoms with Crippen LogP contribution in [0.25, 0.3) is 0 Å². The van der Waals surface area contributed by atoms with Gasteiger partial charge in [0.05, 0.1) is 13.2 Å². The van der Waals surface area contributed by atoms with Crippen molar-refractivity contribution in [3.8, 4) is 0 Å². The second kappa shape index (κ2) is 78.2. The lowest BCUT2D eigenvalue weighted by molar-refractivity contribution is -0.161. The van der Waals surface area contributed by atoms with E-state index in [4.69, 9.17) is 24.3 Å². The fourth-order valence-corrected chi connectivity index (χ4v) is 12.6. The number of phosphoric ester groups is 1. The highest BCUT2D eigenvalue weighted by Crippen LogP contribution is 2.43. The number of carbonyl (C=O) groups excluding carboxylic acids is 2. The van der Waals surface area contributed by atoms with Gasteiger partial charge in [-0.2, -0.15) is 0 Å². The summed E-state index contributed by atoms with van der Waals surface area (Å²) in [4.78, 5) is 35.5. The second-order valence-corrected chi connectivity index (χ2v) is 28.4. The average Bonchev–Trinajstić information content (AvgIpc) is 3.60. The Labute approximate surface area is 576 Å². The fourth-order valence-electron chi connectivity index (χ4n) is 11.9. The molecule has 0 amide bonds. The summed E-state index contributed by atoms with van der Waals surface area (Å²) in [6.45, 7) is 3.69. The number of ether oxygens (including phenoxy) is 2. The van der Waals surface area contributed by atoms with Gasteiger partial charge in [-0.05, 0) is 89.9 Å². The van der Waals surface area contributed by atoms with Crippen molar-refractivity contribution in [3.63, 3.8) is 0 Å². The summed E-state index contributed by atoms with van der Waals surface area (Å²) in [7, 11) is -4.40. The Morgan fingerprint density at radius 3 is 0.882 bits per heavy atom. The molecule has 0 aromatic heterocycles. The van der Waals surface area contributed by atoms with Gasteiger partial charge in [0.1, 0.15) is 6.61 Å². The first-order chi connectivity index (χ1) is 45.8. The summed E-state index contributed by atoms with van der Waals surface area (Å²) >= 11 is 0. The number of carbonyl (C=O) groups is 2. The maximum absolute atomic E-state index is 12.8. The Balaban J connectivity index is 3.76. The highest BCUT2D eigenvalue weighted by atomic mass is 31.2. The zero-order valence-electron chi connectivity index (χ0n) is 61.2. The van der Waals surface area contributed by atoms with Crippen LogP contribution in [0.3, 0.4) is 0 Å². The summed E-state index contributed by atoms with van der Waals surface area (Å²) in [6, 6.07) is 0. The van der Waals surface area contributed by atoms with E-state index in [0.29, 0.717) is 6.42 Å². The first-order valence-corrected chi connectivity index (χ1v) is 41.6. The number of phosphoric acid groups is 1. The molecule has 542 valence electrons. The molecule has 3 N–H and O–H groups in total. The topological polar surface area (TPSA) is 134 Å². The Morgan fingerprint density at radius 2 is 0.591 bits per heavy atom. The number of hydrogen-bond donors (Lipinski definition) is 2. The summed E-state index contributed by atoms with van der Waals surface area (Å²) < 4.78 is 33.3. The van der Waals surface area contributed by atoms with Crippen LogP contribution in [0, 0.1) is 0 Å². The van der Waals surface area contributed by atoms with Crippen molar-refractivity contribution < 1.29 is 37.6 Å². The summed E-state index contributed by atoms with van der Waals surface area (Å²) in [6.07, 6.45) is 106. The first-order valence-electron chi connectivity index (χ1n) is 40.1. The molecule has 10 heteroatoms. The average molecular weight is 1320 g/mol. The normalized spacial score (nSPS) is 13.3. The second-order valence-electron chi connectivity index (χ2n) is 26.9. The number of hydrogen-bond acceptors (Lipinski definition) is 8. The molecule has 0 heterocycles. The van der Waals surface area contributed by atoms with Crippen molar-refractivity contribution in [1.82, 2.24) is 0 Å². The molecule has 0 aliphatic rings. The largest absolute Gasteiger partial charge is 0.472 e. The maximum atomic E-state index is 12.8. The van der Waals surface area contributed by atoms with Crippen LogP contribution >= 0.6 is 7.82 Å². The third-order valence-electron chi connectivity index (χ3n) is 17.8. The van der Waals surface area contributed by atoms with Gasteiger partial charge < -0.3 is 20.1 Å². The molecule has 0 radical (unpaired) electrons. The maximum Gasteiger partial charge on any atom is 0.472 e. The summed E-state index contributed by atoms with van der Waals surface area (Å²) in [5, 5.41) is 0. The molecule has 9 nitrogen and oxygen atoms in total. The predicted octanol–water partition coefficient (Wildman–Crippen LogP) is 26.9. The van der Waals surface area contributed by atoms with E-state index < -0.39 is 26.5 Å². The van der Waals surface area contributed by atoms with Crippen LogP contribution in [-0.2, 0) is 32.7 Å². The number of esters is 2. The molecular weight excluding hydrogens is 1170 g/mol. The summed E-state index contributed by atoms with van der Waals surface area (Å²) in [5.41, 5.74) is 5.42. The van der Waals surface area contributed by atoms with Crippen molar-refractivity contribution >= 4 is 19.8 Å². The van der Waals surface area contributed by atoms with E-state index in [1.54, 1.807) is 0 Å². The minimum atomic E-state index is -4.40. The number of nitrogens with two attached hydrogens (primary N) is 1. The van der Waals surface area contributed by atoms with E-state index in [2.05, 4.69) is 98.9 Å². The third kappa shape index (κ3) is 78.1. The van der Waals surface area contributed by atoms with Gasteiger partial charge in [-0.25, -0.2) is 4.57 Å². The lowest BCUT2D eigenvalue weighted by Gasteiger charge is -2.19. The molecule has 2 atom stereocenters. The Kier molecular flexibility index (Phi) is 75.8. The molecule has 0 fully saturated rings. The van der Waals surface area contributed by atoms with Crippen LogP contribution in [0.15, 0.2) is 85.1 Å². The highest BCUT2D eigenvalue weighted by molar-refractivity contribution is 7.47. The van der Waals surface area contributed by atoms with Gasteiger partial charge in [-0.3, -0.25) is 18.6 Å². The highest BCUT2D eigenvalue weighted by Gasteiger charge is 2.26. The van der Waals surface area contributed by atoms with Gasteiger partial charge in [-0.15, -0.1) is 0 Å². The van der Waals surface area contributed by atoms with E-state index in [-0.39, 0.29) is 38.6 Å². The molecular formula is C83H152NO8P. The molecule has 0 saturated carbocycles. The molecule has 0 saturated heterocycles. The summed E-state index contributed by atoms with van der Waals surface area (Å²) in [5.74, 6) is -0.806. The molecule has 0 aromatic rings. The smallest absolute Gasteiger partial charge is 0.462 e. The molecule has 0 rings (SSSR count). The first kappa shape index (κ1) is 90.2. The van der Waals surface area contributed by atoms with Gasteiger partial charge >= 0.3 is 19.8 Å². The number of allylic oxidation sites excluding steroid dienone is 14. The minimum Gasteiger partial charge on any atom is -0.462 e. The Bertz CT molecular complexity index is 1810. The van der Waals surface area contributed by atoms with Gasteiger partial charge in [-0.1, -0.05) is 381 Å². The SMILES string of the molecule is CC/C=C\C/C=C\C/C=C\C/C=C\C/C=C\CCCCCCCCCCCCCCCCCCCCCCCCCC(=O)OC(COC(=O)CCCCCCCCCCCCCCCCCCCCCCC/C=C\C/C=C\CCCCCCC)COP(=O)(O)OCCN. The van der Waals surface area contributed by atoms with Crippen molar-refractivity contribution in [2.45, 2.75) is 405 Å². The van der Waals surface area contributed by atoms with Crippen LogP contribution < -0.4 is 5.73 Å². The number of rotatable bonds is 76. The lowest BCUT2D eigenvalue weighted by atomic mass is 10.0. The van der Waals surface area contributed by atoms with Gasteiger partial charge in [0, 0.05) is 19.4 Å². The van der Waals surface area contributed by atoms with E-state index >= 15 is 0 Å². The van der Waals surface area contributed by atoms with E-state index in [1.807, 2.05) is 0 Å². The van der Waals surface area contributed by atoms with Crippen LogP contribution in [0.2, 0.25) is 0 Å². The molecule has 0 aromatic carbocycles. The van der Waals surface area contributed by atoms with Crippen molar-refractivity contribution in [1.29, 1.82) is 0 Å². The van der Waals surface area contributed by atoms with Crippen LogP contribution in [0.4, 0.5) is 0 Å². The van der Waals surface area contributed by atoms with Crippen LogP contribution in [-0.4, -0.2) is 49.3 Å². The molecule has 0 aliphatic heterocycles. The zero-order chi connectivity index (χ0) is 67.2. The van der Waals surface area contributed by atoms with E-state index in [0.717, 1.165) is 70.6 Å². The molecule has 0 aliphatic carbocycles. The minimum absolute atomic E-state index is 0.0545. The fraction of sp³-hybridized carbons (Fsp3) is 0.807. The third-order valence-corrected chi connectivity index (χ3v) is 18.7. The quantitative estimate of drug-likeness (QED) is 0.0264. The predicted molar refractivity (Wildman–Crippen MR) is 404 cm³/mol.